The highest BCUT2D eigenvalue weighted by Gasteiger charge is 2.27. The van der Waals surface area contributed by atoms with Gasteiger partial charge in [0.15, 0.2) is 0 Å². The average Bonchev–Trinajstić information content (AvgIpc) is 1.60. The Balaban J connectivity index is 3.93. The van der Waals surface area contributed by atoms with Gasteiger partial charge in [0.2, 0.25) is 0 Å². The van der Waals surface area contributed by atoms with Crippen molar-refractivity contribution < 1.29 is 9.22 Å². The lowest BCUT2D eigenvalue weighted by Gasteiger charge is -2.10. The summed E-state index contributed by atoms with van der Waals surface area (Å²) in [7, 11) is 0. The molecule has 10 heavy (non-hydrogen) atoms. The van der Waals surface area contributed by atoms with E-state index in [-0.39, 0.29) is 0 Å². The van der Waals surface area contributed by atoms with Crippen LogP contribution in [0.15, 0.2) is 12.2 Å². The molecule has 0 rings (SSSR count). The highest BCUT2D eigenvalue weighted by atomic mass is 35.7. The van der Waals surface area contributed by atoms with E-state index in [1.165, 1.54) is 13.5 Å². The van der Waals surface area contributed by atoms with E-state index in [9.17, 15) is 4.79 Å². The van der Waals surface area contributed by atoms with Crippen LogP contribution >= 0.6 is 22.2 Å². The Bertz CT molecular complexity index is 162. The van der Waals surface area contributed by atoms with Gasteiger partial charge in [0.25, 0.3) is 0 Å². The minimum Gasteiger partial charge on any atom is -0.488 e. The molecular weight excluding hydrogens is 191 g/mol. The van der Waals surface area contributed by atoms with Crippen LogP contribution in [0.3, 0.4) is 0 Å². The molecule has 0 aromatic carbocycles. The highest BCUT2D eigenvalue weighted by molar-refractivity contribution is 7.42. The fraction of sp³-hybridized carbons (Fsp3) is 0.400. The minimum atomic E-state index is -2.75. The fourth-order valence-electron chi connectivity index (χ4n) is 0.250. The van der Waals surface area contributed by atoms with Crippen LogP contribution in [0, 0.1) is 0 Å². The molecule has 2 nitrogen and oxygen atoms in total. The van der Waals surface area contributed by atoms with Gasteiger partial charge >= 0.3 is 12.9 Å². The molecule has 0 atom stereocenters. The molecular formula is C5H8Cl2O2Si. The molecule has 0 saturated carbocycles. The van der Waals surface area contributed by atoms with Crippen LogP contribution in [0.25, 0.3) is 0 Å². The normalized spacial score (nSPS) is 10.8. The molecule has 58 valence electrons. The summed E-state index contributed by atoms with van der Waals surface area (Å²) in [5.74, 6) is -0.529. The highest BCUT2D eigenvalue weighted by Crippen LogP contribution is 2.16. The second-order valence-corrected chi connectivity index (χ2v) is 8.71. The van der Waals surface area contributed by atoms with Crippen LogP contribution in [0.1, 0.15) is 6.92 Å². The second kappa shape index (κ2) is 3.41. The van der Waals surface area contributed by atoms with Crippen molar-refractivity contribution in [2.24, 2.45) is 0 Å². The summed E-state index contributed by atoms with van der Waals surface area (Å²) in [5.41, 5.74) is 0.306. The second-order valence-electron chi connectivity index (χ2n) is 1.98. The summed E-state index contributed by atoms with van der Waals surface area (Å²) in [6.07, 6.45) is 0. The Labute approximate surface area is 70.3 Å². The van der Waals surface area contributed by atoms with E-state index in [4.69, 9.17) is 22.2 Å². The van der Waals surface area contributed by atoms with Gasteiger partial charge in [0, 0.05) is 5.57 Å². The Hall–Kier alpha value is 0.00688. The van der Waals surface area contributed by atoms with Crippen LogP contribution in [-0.4, -0.2) is 12.9 Å². The maximum absolute atomic E-state index is 10.7. The molecule has 0 heterocycles. The maximum atomic E-state index is 10.7. The monoisotopic (exact) mass is 198 g/mol. The Morgan fingerprint density at radius 2 is 2.00 bits per heavy atom. The Morgan fingerprint density at radius 1 is 1.60 bits per heavy atom. The van der Waals surface area contributed by atoms with Crippen molar-refractivity contribution >= 4 is 35.1 Å². The molecule has 0 unspecified atom stereocenters. The summed E-state index contributed by atoms with van der Waals surface area (Å²) in [4.78, 5) is 10.7. The van der Waals surface area contributed by atoms with Gasteiger partial charge < -0.3 is 4.43 Å². The zero-order valence-corrected chi connectivity index (χ0v) is 8.29. The van der Waals surface area contributed by atoms with E-state index in [0.29, 0.717) is 5.57 Å². The largest absolute Gasteiger partial charge is 0.488 e. The number of halogens is 2. The van der Waals surface area contributed by atoms with Gasteiger partial charge in [-0.05, 0) is 13.5 Å². The summed E-state index contributed by atoms with van der Waals surface area (Å²) >= 11 is 11.0. The van der Waals surface area contributed by atoms with Crippen molar-refractivity contribution in [3.05, 3.63) is 12.2 Å². The first-order valence-corrected chi connectivity index (χ1v) is 7.03. The Kier molecular flexibility index (Phi) is 3.42. The smallest absolute Gasteiger partial charge is 0.448 e. The van der Waals surface area contributed by atoms with Gasteiger partial charge in [0.05, 0.1) is 0 Å². The third kappa shape index (κ3) is 4.85. The number of carbonyl (C=O) groups is 1. The number of rotatable bonds is 2. The predicted molar refractivity (Wildman–Crippen MR) is 44.2 cm³/mol. The zero-order chi connectivity index (χ0) is 8.36. The minimum absolute atomic E-state index is 0.306. The molecule has 0 aromatic rings. The van der Waals surface area contributed by atoms with Crippen molar-refractivity contribution in [3.63, 3.8) is 0 Å². The molecule has 0 saturated heterocycles. The molecule has 0 aliphatic carbocycles. The van der Waals surface area contributed by atoms with Crippen molar-refractivity contribution in [3.8, 4) is 0 Å². The molecule has 0 amide bonds. The van der Waals surface area contributed by atoms with Crippen LogP contribution < -0.4 is 0 Å². The van der Waals surface area contributed by atoms with Crippen LogP contribution in [0.4, 0.5) is 0 Å². The number of hydrogen-bond donors (Lipinski definition) is 0. The van der Waals surface area contributed by atoms with E-state index in [0.717, 1.165) is 0 Å². The quantitative estimate of drug-likeness (QED) is 0.387. The topological polar surface area (TPSA) is 26.3 Å². The fourth-order valence-corrected chi connectivity index (χ4v) is 1.17. The van der Waals surface area contributed by atoms with Gasteiger partial charge in [-0.15, -0.1) is 22.2 Å². The lowest BCUT2D eigenvalue weighted by atomic mass is 10.4. The molecule has 5 heteroatoms. The van der Waals surface area contributed by atoms with Crippen molar-refractivity contribution in [2.75, 3.05) is 0 Å². The van der Waals surface area contributed by atoms with Crippen LogP contribution in [-0.2, 0) is 9.22 Å². The Morgan fingerprint density at radius 3 is 2.10 bits per heavy atom. The molecule has 0 bridgehead atoms. The van der Waals surface area contributed by atoms with Crippen molar-refractivity contribution in [1.29, 1.82) is 0 Å². The molecule has 0 spiro atoms. The lowest BCUT2D eigenvalue weighted by Crippen LogP contribution is -2.24. The molecule has 0 fully saturated rings. The van der Waals surface area contributed by atoms with Gasteiger partial charge in [-0.25, -0.2) is 4.79 Å². The van der Waals surface area contributed by atoms with E-state index >= 15 is 0 Å². The van der Waals surface area contributed by atoms with E-state index in [1.807, 2.05) is 0 Å². The van der Waals surface area contributed by atoms with Gasteiger partial charge in [0.1, 0.15) is 0 Å². The molecule has 0 N–H and O–H groups in total. The molecule has 0 radical (unpaired) electrons. The zero-order valence-electron chi connectivity index (χ0n) is 5.78. The predicted octanol–water partition coefficient (Wildman–Crippen LogP) is 2.15. The van der Waals surface area contributed by atoms with E-state index in [1.54, 1.807) is 0 Å². The first kappa shape index (κ1) is 10.0. The van der Waals surface area contributed by atoms with Gasteiger partial charge in [-0.3, -0.25) is 0 Å². The van der Waals surface area contributed by atoms with Crippen LogP contribution in [0.2, 0.25) is 6.55 Å². The third-order valence-corrected chi connectivity index (χ3v) is 1.63. The van der Waals surface area contributed by atoms with E-state index in [2.05, 4.69) is 11.0 Å². The third-order valence-electron chi connectivity index (χ3n) is 0.620. The summed E-state index contributed by atoms with van der Waals surface area (Å²) in [6.45, 7) is 3.66. The molecule has 0 aliphatic heterocycles. The van der Waals surface area contributed by atoms with Crippen LogP contribution in [0.5, 0.6) is 0 Å². The van der Waals surface area contributed by atoms with Gasteiger partial charge in [-0.2, -0.15) is 0 Å². The first-order valence-electron chi connectivity index (χ1n) is 2.59. The molecule has 0 aromatic heterocycles. The van der Waals surface area contributed by atoms with Crippen molar-refractivity contribution in [2.45, 2.75) is 13.5 Å². The number of carbonyl (C=O) groups excluding carboxylic acids is 1. The standard InChI is InChI=1S/C5H8Cl2O2Si/c1-4(2)5(8)9-10(3,6)7/h1H2,2-3H3. The maximum Gasteiger partial charge on any atom is 0.448 e. The summed E-state index contributed by atoms with van der Waals surface area (Å²) < 4.78 is 4.63. The van der Waals surface area contributed by atoms with Gasteiger partial charge in [-0.1, -0.05) is 6.58 Å². The first-order chi connectivity index (χ1) is 4.33. The average molecular weight is 199 g/mol. The number of hydrogen-bond acceptors (Lipinski definition) is 2. The lowest BCUT2D eigenvalue weighted by molar-refractivity contribution is -0.130. The van der Waals surface area contributed by atoms with Crippen molar-refractivity contribution in [1.82, 2.24) is 0 Å². The summed E-state index contributed by atoms with van der Waals surface area (Å²) in [6, 6.07) is 0. The van der Waals surface area contributed by atoms with E-state index < -0.39 is 12.9 Å². The SMILES string of the molecule is C=C(C)C(=O)O[Si](C)(Cl)Cl. The summed E-state index contributed by atoms with van der Waals surface area (Å²) in [5, 5.41) is 0. The molecule has 0 aliphatic rings.